The Morgan fingerprint density at radius 1 is 1.14 bits per heavy atom. The molecule has 0 aromatic heterocycles. The van der Waals surface area contributed by atoms with Gasteiger partial charge in [-0.15, -0.1) is 0 Å². The van der Waals surface area contributed by atoms with Gasteiger partial charge in [-0.2, -0.15) is 0 Å². The second-order valence-corrected chi connectivity index (χ2v) is 5.73. The van der Waals surface area contributed by atoms with Gasteiger partial charge in [-0.05, 0) is 55.7 Å². The number of benzene rings is 2. The maximum Gasteiger partial charge on any atom is 0.119 e. The molecule has 0 saturated heterocycles. The molecule has 0 spiro atoms. The van der Waals surface area contributed by atoms with Crippen LogP contribution in [-0.2, 0) is 6.54 Å². The van der Waals surface area contributed by atoms with Gasteiger partial charge >= 0.3 is 0 Å². The smallest absolute Gasteiger partial charge is 0.119 e. The van der Waals surface area contributed by atoms with Crippen molar-refractivity contribution in [2.75, 3.05) is 5.32 Å². The van der Waals surface area contributed by atoms with Crippen molar-refractivity contribution in [1.29, 1.82) is 0 Å². The van der Waals surface area contributed by atoms with E-state index in [9.17, 15) is 0 Å². The molecule has 1 atom stereocenters. The van der Waals surface area contributed by atoms with Crippen LogP contribution in [0.15, 0.2) is 42.5 Å². The number of nitrogens with one attached hydrogen (secondary N) is 1. The molecule has 0 fully saturated rings. The summed E-state index contributed by atoms with van der Waals surface area (Å²) in [6.07, 6.45) is 1.26. The van der Waals surface area contributed by atoms with Gasteiger partial charge < -0.3 is 10.1 Å². The molecule has 2 nitrogen and oxygen atoms in total. The van der Waals surface area contributed by atoms with Crippen LogP contribution in [0.25, 0.3) is 0 Å². The fraction of sp³-hybridized carbons (Fsp3) is 0.333. The van der Waals surface area contributed by atoms with Gasteiger partial charge in [-0.3, -0.25) is 0 Å². The first-order valence-electron chi connectivity index (χ1n) is 7.34. The lowest BCUT2D eigenvalue weighted by atomic mass is 10.1. The summed E-state index contributed by atoms with van der Waals surface area (Å²) in [7, 11) is 0. The van der Waals surface area contributed by atoms with E-state index in [1.54, 1.807) is 0 Å². The second kappa shape index (κ2) is 7.37. The third-order valence-corrected chi connectivity index (χ3v) is 3.75. The highest BCUT2D eigenvalue weighted by Gasteiger charge is 2.02. The lowest BCUT2D eigenvalue weighted by Crippen LogP contribution is -2.09. The number of anilines is 1. The van der Waals surface area contributed by atoms with Gasteiger partial charge in [-0.25, -0.2) is 0 Å². The molecule has 1 N–H and O–H groups in total. The molecule has 0 aliphatic heterocycles. The number of hydrogen-bond acceptors (Lipinski definition) is 2. The highest BCUT2D eigenvalue weighted by Crippen LogP contribution is 2.21. The van der Waals surface area contributed by atoms with Gasteiger partial charge in [0, 0.05) is 17.3 Å². The molecule has 0 radical (unpaired) electrons. The Labute approximate surface area is 132 Å². The van der Waals surface area contributed by atoms with Crippen molar-refractivity contribution in [3.8, 4) is 5.75 Å². The predicted octanol–water partition coefficient (Wildman–Crippen LogP) is 5.44. The molecule has 21 heavy (non-hydrogen) atoms. The number of aryl methyl sites for hydroxylation is 1. The van der Waals surface area contributed by atoms with Gasteiger partial charge in [0.15, 0.2) is 0 Å². The maximum absolute atomic E-state index is 6.02. The van der Waals surface area contributed by atoms with Gasteiger partial charge in [0.1, 0.15) is 5.75 Å². The second-order valence-electron chi connectivity index (χ2n) is 5.29. The molecule has 2 rings (SSSR count). The lowest BCUT2D eigenvalue weighted by molar-refractivity contribution is 0.217. The number of rotatable bonds is 6. The molecule has 2 aromatic carbocycles. The van der Waals surface area contributed by atoms with Crippen molar-refractivity contribution in [2.45, 2.75) is 39.8 Å². The standard InChI is InChI=1S/C18H22ClNO/c1-4-14(3)21-17-9-6-15(7-10-17)12-20-18-11-16(19)8-5-13(18)2/h5-11,14,20H,4,12H2,1-3H3. The first-order valence-corrected chi connectivity index (χ1v) is 7.72. The van der Waals surface area contributed by atoms with Crippen LogP contribution in [0.4, 0.5) is 5.69 Å². The van der Waals surface area contributed by atoms with Crippen molar-refractivity contribution in [2.24, 2.45) is 0 Å². The van der Waals surface area contributed by atoms with Crippen LogP contribution in [0.2, 0.25) is 5.02 Å². The normalized spacial score (nSPS) is 12.0. The first-order chi connectivity index (χ1) is 10.1. The Hall–Kier alpha value is -1.67. The minimum absolute atomic E-state index is 0.253. The highest BCUT2D eigenvalue weighted by atomic mass is 35.5. The van der Waals surface area contributed by atoms with Crippen LogP contribution in [0.3, 0.4) is 0 Å². The molecule has 3 heteroatoms. The monoisotopic (exact) mass is 303 g/mol. The van der Waals surface area contributed by atoms with Crippen molar-refractivity contribution < 1.29 is 4.74 Å². The van der Waals surface area contributed by atoms with Crippen molar-refractivity contribution in [3.63, 3.8) is 0 Å². The Kier molecular flexibility index (Phi) is 5.51. The van der Waals surface area contributed by atoms with Gasteiger partial charge in [0.2, 0.25) is 0 Å². The molecule has 0 amide bonds. The van der Waals surface area contributed by atoms with E-state index in [0.717, 1.165) is 29.4 Å². The van der Waals surface area contributed by atoms with Crippen LogP contribution in [0.1, 0.15) is 31.4 Å². The van der Waals surface area contributed by atoms with Crippen molar-refractivity contribution in [1.82, 2.24) is 0 Å². The van der Waals surface area contributed by atoms with Crippen LogP contribution >= 0.6 is 11.6 Å². The minimum Gasteiger partial charge on any atom is -0.491 e. The highest BCUT2D eigenvalue weighted by molar-refractivity contribution is 6.30. The summed E-state index contributed by atoms with van der Waals surface area (Å²) in [5.41, 5.74) is 3.48. The maximum atomic E-state index is 6.02. The Bertz CT molecular complexity index is 580. The topological polar surface area (TPSA) is 21.3 Å². The van der Waals surface area contributed by atoms with E-state index in [2.05, 4.69) is 38.2 Å². The Morgan fingerprint density at radius 3 is 2.52 bits per heavy atom. The summed E-state index contributed by atoms with van der Waals surface area (Å²) < 4.78 is 5.78. The molecular weight excluding hydrogens is 282 g/mol. The summed E-state index contributed by atoms with van der Waals surface area (Å²) in [5.74, 6) is 0.923. The zero-order valence-corrected chi connectivity index (χ0v) is 13.6. The average molecular weight is 304 g/mol. The summed E-state index contributed by atoms with van der Waals surface area (Å²) in [4.78, 5) is 0. The molecule has 0 saturated carbocycles. The van der Waals surface area contributed by atoms with E-state index in [1.165, 1.54) is 11.1 Å². The lowest BCUT2D eigenvalue weighted by Gasteiger charge is -2.13. The van der Waals surface area contributed by atoms with Crippen LogP contribution in [0.5, 0.6) is 5.75 Å². The number of halogens is 1. The van der Waals surface area contributed by atoms with Crippen molar-refractivity contribution >= 4 is 17.3 Å². The zero-order chi connectivity index (χ0) is 15.2. The summed E-state index contributed by atoms with van der Waals surface area (Å²) in [5, 5.41) is 4.17. The van der Waals surface area contributed by atoms with E-state index < -0.39 is 0 Å². The third-order valence-electron chi connectivity index (χ3n) is 3.52. The quantitative estimate of drug-likeness (QED) is 0.767. The van der Waals surface area contributed by atoms with Crippen LogP contribution in [-0.4, -0.2) is 6.10 Å². The Morgan fingerprint density at radius 2 is 1.86 bits per heavy atom. The van der Waals surface area contributed by atoms with Gasteiger partial charge in [-0.1, -0.05) is 36.7 Å². The number of ether oxygens (including phenoxy) is 1. The molecule has 2 aromatic rings. The molecule has 0 aliphatic rings. The SMILES string of the molecule is CCC(C)Oc1ccc(CNc2cc(Cl)ccc2C)cc1. The molecule has 0 aliphatic carbocycles. The van der Waals surface area contributed by atoms with Crippen molar-refractivity contribution in [3.05, 3.63) is 58.6 Å². The Balaban J connectivity index is 1.96. The van der Waals surface area contributed by atoms with Crippen LogP contribution in [0, 0.1) is 6.92 Å². The summed E-state index contributed by atoms with van der Waals surface area (Å²) >= 11 is 6.02. The molecule has 112 valence electrons. The van der Waals surface area contributed by atoms with Gasteiger partial charge in [0.05, 0.1) is 6.10 Å². The predicted molar refractivity (Wildman–Crippen MR) is 90.3 cm³/mol. The summed E-state index contributed by atoms with van der Waals surface area (Å²) in [6.45, 7) is 7.04. The largest absolute Gasteiger partial charge is 0.491 e. The van der Waals surface area contributed by atoms with Gasteiger partial charge in [0.25, 0.3) is 0 Å². The third kappa shape index (κ3) is 4.68. The number of hydrogen-bond donors (Lipinski definition) is 1. The van der Waals surface area contributed by atoms with Crippen LogP contribution < -0.4 is 10.1 Å². The fourth-order valence-corrected chi connectivity index (χ4v) is 2.16. The molecular formula is C18H22ClNO. The molecule has 0 heterocycles. The molecule has 1 unspecified atom stereocenters. The zero-order valence-electron chi connectivity index (χ0n) is 12.8. The minimum atomic E-state index is 0.253. The van der Waals surface area contributed by atoms with E-state index in [1.807, 2.05) is 30.3 Å². The first kappa shape index (κ1) is 15.7. The average Bonchev–Trinajstić information content (AvgIpc) is 2.49. The fourth-order valence-electron chi connectivity index (χ4n) is 1.98. The van der Waals surface area contributed by atoms with E-state index in [0.29, 0.717) is 0 Å². The molecule has 0 bridgehead atoms. The van der Waals surface area contributed by atoms with E-state index in [-0.39, 0.29) is 6.10 Å². The van der Waals surface area contributed by atoms with E-state index >= 15 is 0 Å². The summed E-state index contributed by atoms with van der Waals surface area (Å²) in [6, 6.07) is 14.1. The van der Waals surface area contributed by atoms with E-state index in [4.69, 9.17) is 16.3 Å².